The number of amides is 1. The van der Waals surface area contributed by atoms with Gasteiger partial charge in [-0.15, -0.1) is 0 Å². The molecule has 1 fully saturated rings. The van der Waals surface area contributed by atoms with Gasteiger partial charge in [0.25, 0.3) is 5.91 Å². The van der Waals surface area contributed by atoms with Crippen LogP contribution >= 0.6 is 0 Å². The number of hydrogen-bond donors (Lipinski definition) is 1. The number of hydrogen-bond acceptors (Lipinski definition) is 4. The molecule has 196 valence electrons. The van der Waals surface area contributed by atoms with Crippen molar-refractivity contribution in [3.63, 3.8) is 0 Å². The molecule has 5 heteroatoms. The molecule has 39 heavy (non-hydrogen) atoms. The van der Waals surface area contributed by atoms with Crippen LogP contribution in [0.15, 0.2) is 115 Å². The van der Waals surface area contributed by atoms with E-state index >= 15 is 0 Å². The molecule has 5 nitrogen and oxygen atoms in total. The Kier molecular flexibility index (Phi) is 7.97. The molecule has 1 aliphatic rings. The molecule has 0 radical (unpaired) electrons. The van der Waals surface area contributed by atoms with Gasteiger partial charge >= 0.3 is 5.97 Å². The Hall–Kier alpha value is -4.51. The molecule has 4 aromatic carbocycles. The van der Waals surface area contributed by atoms with Crippen molar-refractivity contribution in [1.29, 1.82) is 0 Å². The zero-order valence-corrected chi connectivity index (χ0v) is 21.8. The van der Waals surface area contributed by atoms with E-state index in [-0.39, 0.29) is 30.1 Å². The van der Waals surface area contributed by atoms with Crippen molar-refractivity contribution in [2.45, 2.75) is 31.2 Å². The summed E-state index contributed by atoms with van der Waals surface area (Å²) in [6.45, 7) is 1.95. The van der Waals surface area contributed by atoms with E-state index in [2.05, 4.69) is 29.6 Å². The average molecular weight is 518 g/mol. The molecular weight excluding hydrogens is 486 g/mol. The van der Waals surface area contributed by atoms with Gasteiger partial charge in [0.2, 0.25) is 0 Å². The van der Waals surface area contributed by atoms with Crippen LogP contribution in [0.3, 0.4) is 0 Å². The minimum Gasteiger partial charge on any atom is -0.464 e. The van der Waals surface area contributed by atoms with E-state index in [9.17, 15) is 14.4 Å². The van der Waals surface area contributed by atoms with Gasteiger partial charge in [-0.3, -0.25) is 9.59 Å². The lowest BCUT2D eigenvalue weighted by atomic mass is 10.00. The summed E-state index contributed by atoms with van der Waals surface area (Å²) in [6.07, 6.45) is 0.309. The van der Waals surface area contributed by atoms with Crippen molar-refractivity contribution in [2.75, 3.05) is 6.61 Å². The van der Waals surface area contributed by atoms with Crippen molar-refractivity contribution in [3.05, 3.63) is 143 Å². The minimum atomic E-state index is -0.840. The molecule has 0 bridgehead atoms. The van der Waals surface area contributed by atoms with Gasteiger partial charge in [-0.1, -0.05) is 103 Å². The van der Waals surface area contributed by atoms with Gasteiger partial charge in [0.15, 0.2) is 5.78 Å². The standard InChI is InChI=1S/C34H31NO4/c1-2-39-34(38)28(21-23-13-6-3-7-14-23)35-33(37)27-20-12-19-26(22-27)32(36)31-29(24-15-8-4-9-16-24)30(31)25-17-10-5-11-18-25/h3-20,22,28-31H,2,21H2,1H3,(H,35,37)/t28-,29-,30-/m0/s1. The van der Waals surface area contributed by atoms with Crippen LogP contribution in [0.5, 0.6) is 0 Å². The van der Waals surface area contributed by atoms with Crippen LogP contribution in [0.1, 0.15) is 56.2 Å². The first-order valence-electron chi connectivity index (χ1n) is 13.3. The molecule has 1 N–H and O–H groups in total. The van der Waals surface area contributed by atoms with E-state index in [1.54, 1.807) is 31.2 Å². The molecule has 0 spiro atoms. The highest BCUT2D eigenvalue weighted by Crippen LogP contribution is 2.61. The summed E-state index contributed by atoms with van der Waals surface area (Å²) in [7, 11) is 0. The number of benzene rings is 4. The Morgan fingerprint density at radius 3 is 1.82 bits per heavy atom. The first-order valence-corrected chi connectivity index (χ1v) is 13.3. The molecule has 1 amide bonds. The third-order valence-electron chi connectivity index (χ3n) is 7.26. The van der Waals surface area contributed by atoms with Crippen LogP contribution in [0, 0.1) is 5.92 Å². The van der Waals surface area contributed by atoms with Crippen LogP contribution in [-0.4, -0.2) is 30.3 Å². The van der Waals surface area contributed by atoms with Crippen LogP contribution in [-0.2, 0) is 16.0 Å². The van der Waals surface area contributed by atoms with E-state index in [1.807, 2.05) is 66.7 Å². The molecular formula is C34H31NO4. The lowest BCUT2D eigenvalue weighted by Gasteiger charge is -2.17. The van der Waals surface area contributed by atoms with E-state index in [4.69, 9.17) is 4.74 Å². The smallest absolute Gasteiger partial charge is 0.328 e. The second-order valence-corrected chi connectivity index (χ2v) is 9.81. The summed E-state index contributed by atoms with van der Waals surface area (Å²) >= 11 is 0. The third-order valence-corrected chi connectivity index (χ3v) is 7.26. The number of carbonyl (C=O) groups excluding carboxylic acids is 3. The summed E-state index contributed by atoms with van der Waals surface area (Å²) in [4.78, 5) is 39.7. The number of rotatable bonds is 10. The second kappa shape index (κ2) is 11.9. The molecule has 0 heterocycles. The lowest BCUT2D eigenvalue weighted by molar-refractivity contribution is -0.145. The summed E-state index contributed by atoms with van der Waals surface area (Å²) < 4.78 is 5.21. The molecule has 1 saturated carbocycles. The van der Waals surface area contributed by atoms with Crippen molar-refractivity contribution in [3.8, 4) is 0 Å². The van der Waals surface area contributed by atoms with E-state index < -0.39 is 17.9 Å². The number of ether oxygens (including phenoxy) is 1. The molecule has 0 saturated heterocycles. The number of Topliss-reactive ketones (excluding diaryl/α,β-unsaturated/α-hetero) is 1. The fourth-order valence-electron chi connectivity index (χ4n) is 5.35. The number of ketones is 1. The van der Waals surface area contributed by atoms with Gasteiger partial charge in [0.1, 0.15) is 6.04 Å². The molecule has 1 aliphatic carbocycles. The van der Waals surface area contributed by atoms with Gasteiger partial charge in [0.05, 0.1) is 6.61 Å². The normalized spacial score (nSPS) is 18.5. The van der Waals surface area contributed by atoms with E-state index in [1.165, 1.54) is 0 Å². The second-order valence-electron chi connectivity index (χ2n) is 9.81. The van der Waals surface area contributed by atoms with Crippen LogP contribution < -0.4 is 5.32 Å². The monoisotopic (exact) mass is 517 g/mol. The summed E-state index contributed by atoms with van der Waals surface area (Å²) in [5.41, 5.74) is 4.00. The van der Waals surface area contributed by atoms with Crippen molar-refractivity contribution >= 4 is 17.7 Å². The van der Waals surface area contributed by atoms with E-state index in [0.29, 0.717) is 17.5 Å². The third kappa shape index (κ3) is 5.99. The molecule has 5 rings (SSSR count). The molecule has 0 aliphatic heterocycles. The highest BCUT2D eigenvalue weighted by Gasteiger charge is 2.55. The predicted octanol–water partition coefficient (Wildman–Crippen LogP) is 5.97. The molecule has 4 aromatic rings. The van der Waals surface area contributed by atoms with Crippen LogP contribution in [0.25, 0.3) is 0 Å². The van der Waals surface area contributed by atoms with Gasteiger partial charge in [-0.25, -0.2) is 4.79 Å². The summed E-state index contributed by atoms with van der Waals surface area (Å²) in [5, 5.41) is 2.82. The maximum Gasteiger partial charge on any atom is 0.328 e. The SMILES string of the molecule is CCOC(=O)[C@H](Cc1ccccc1)NC(=O)c1cccc(C(=O)C2[C@@H](c3ccccc3)[C@@H]2c2ccccc2)c1. The minimum absolute atomic E-state index is 0.0126. The fourth-order valence-corrected chi connectivity index (χ4v) is 5.35. The maximum absolute atomic E-state index is 13.8. The number of nitrogens with one attached hydrogen (secondary N) is 1. The fraction of sp³-hybridized carbons (Fsp3) is 0.206. The van der Waals surface area contributed by atoms with E-state index in [0.717, 1.165) is 16.7 Å². The molecule has 0 aromatic heterocycles. The summed E-state index contributed by atoms with van der Waals surface area (Å²) in [5.74, 6) is -0.947. The first kappa shape index (κ1) is 26.1. The van der Waals surface area contributed by atoms with Crippen molar-refractivity contribution in [1.82, 2.24) is 5.32 Å². The number of esters is 1. The largest absolute Gasteiger partial charge is 0.464 e. The Bertz CT molecular complexity index is 1390. The highest BCUT2D eigenvalue weighted by molar-refractivity contribution is 6.04. The zero-order chi connectivity index (χ0) is 27.2. The Morgan fingerprint density at radius 2 is 1.26 bits per heavy atom. The number of carbonyl (C=O) groups is 3. The first-order chi connectivity index (χ1) is 19.1. The average Bonchev–Trinajstić information content (AvgIpc) is 3.74. The quantitative estimate of drug-likeness (QED) is 0.208. The van der Waals surface area contributed by atoms with Crippen molar-refractivity contribution in [2.24, 2.45) is 5.92 Å². The molecule has 3 atom stereocenters. The summed E-state index contributed by atoms with van der Waals surface area (Å²) in [6, 6.07) is 35.6. The van der Waals surface area contributed by atoms with Gasteiger partial charge in [-0.2, -0.15) is 0 Å². The van der Waals surface area contributed by atoms with Crippen LogP contribution in [0.4, 0.5) is 0 Å². The topological polar surface area (TPSA) is 72.5 Å². The zero-order valence-electron chi connectivity index (χ0n) is 21.8. The maximum atomic E-state index is 13.8. The predicted molar refractivity (Wildman–Crippen MR) is 151 cm³/mol. The lowest BCUT2D eigenvalue weighted by Crippen LogP contribution is -2.43. The van der Waals surface area contributed by atoms with Crippen molar-refractivity contribution < 1.29 is 19.1 Å². The highest BCUT2D eigenvalue weighted by atomic mass is 16.5. The molecule has 0 unspecified atom stereocenters. The Balaban J connectivity index is 1.36. The van der Waals surface area contributed by atoms with Crippen LogP contribution in [0.2, 0.25) is 0 Å². The van der Waals surface area contributed by atoms with Gasteiger partial charge in [-0.05, 0) is 35.7 Å². The Morgan fingerprint density at radius 1 is 0.718 bits per heavy atom. The van der Waals surface area contributed by atoms with Gasteiger partial charge < -0.3 is 10.1 Å². The van der Waals surface area contributed by atoms with Gasteiger partial charge in [0, 0.05) is 35.3 Å². The Labute approximate surface area is 228 Å².